The van der Waals surface area contributed by atoms with Gasteiger partial charge in [0.2, 0.25) is 0 Å². The third-order valence-electron chi connectivity index (χ3n) is 6.04. The van der Waals surface area contributed by atoms with Crippen LogP contribution in [0.2, 0.25) is 0 Å². The maximum absolute atomic E-state index is 12.0. The molecule has 0 saturated carbocycles. The minimum absolute atomic E-state index is 0.240. The Morgan fingerprint density at radius 2 is 1.35 bits per heavy atom. The highest BCUT2D eigenvalue weighted by atomic mass is 31.2. The number of aliphatic hydroxyl groups excluding tert-OH is 2. The van der Waals surface area contributed by atoms with E-state index in [1.807, 2.05) is 0 Å². The molecule has 0 bridgehead atoms. The molecule has 10 heteroatoms. The number of hydrogen-bond donors (Lipinski definition) is 4. The summed E-state index contributed by atoms with van der Waals surface area (Å²) in [6.07, 6.45) is 14.7. The van der Waals surface area contributed by atoms with Crippen LogP contribution in [0.25, 0.3) is 0 Å². The quantitative estimate of drug-likeness (QED) is 0.0549. The van der Waals surface area contributed by atoms with Crippen molar-refractivity contribution in [3.05, 3.63) is 11.3 Å². The van der Waals surface area contributed by atoms with E-state index in [2.05, 4.69) is 23.4 Å². The topological polar surface area (TPSA) is 143 Å². The van der Waals surface area contributed by atoms with Gasteiger partial charge in [-0.15, -0.1) is 0 Å². The third kappa shape index (κ3) is 13.8. The summed E-state index contributed by atoms with van der Waals surface area (Å²) in [4.78, 5) is 34.1. The number of ether oxygens (including phenoxy) is 1. The number of phosphoric acid groups is 1. The predicted molar refractivity (Wildman–Crippen MR) is 128 cm³/mol. The summed E-state index contributed by atoms with van der Waals surface area (Å²) in [5.41, 5.74) is 0.240. The first-order valence-electron chi connectivity index (χ1n) is 12.8. The van der Waals surface area contributed by atoms with Crippen LogP contribution in [0, 0.1) is 5.92 Å². The molecule has 34 heavy (non-hydrogen) atoms. The molecule has 0 radical (unpaired) electrons. The zero-order valence-electron chi connectivity index (χ0n) is 20.8. The number of carbonyl (C=O) groups excluding carboxylic acids is 1. The molecule has 0 saturated heterocycles. The van der Waals surface area contributed by atoms with Gasteiger partial charge in [-0.2, -0.15) is 0 Å². The van der Waals surface area contributed by atoms with Crippen LogP contribution in [0.3, 0.4) is 0 Å². The van der Waals surface area contributed by atoms with Crippen molar-refractivity contribution in [2.75, 3.05) is 6.61 Å². The molecule has 9 nitrogen and oxygen atoms in total. The standard InChI is InChI=1S/C24H45O9P/c1-19(2)16-14-12-10-8-6-4-3-5-7-9-11-13-15-17-20-22(21(26)18-25)31-24(27)23(20)32-33-34(28,29)30/h19,21-22,25-26H,3-18H2,1-2H3,(H2,28,29,30)/t21-,22-/m0/s1. The summed E-state index contributed by atoms with van der Waals surface area (Å²) in [6.45, 7) is 3.93. The van der Waals surface area contributed by atoms with Gasteiger partial charge in [-0.25, -0.2) is 9.36 Å². The Morgan fingerprint density at radius 1 is 0.882 bits per heavy atom. The van der Waals surface area contributed by atoms with Gasteiger partial charge in [-0.05, 0) is 18.8 Å². The molecule has 0 unspecified atom stereocenters. The van der Waals surface area contributed by atoms with Crippen LogP contribution >= 0.6 is 7.82 Å². The number of rotatable bonds is 21. The van der Waals surface area contributed by atoms with Gasteiger partial charge in [-0.1, -0.05) is 102 Å². The van der Waals surface area contributed by atoms with Gasteiger partial charge in [0.1, 0.15) is 6.10 Å². The van der Waals surface area contributed by atoms with Crippen molar-refractivity contribution in [1.29, 1.82) is 0 Å². The summed E-state index contributed by atoms with van der Waals surface area (Å²) >= 11 is 0. The maximum atomic E-state index is 12.0. The number of cyclic esters (lactones) is 1. The largest absolute Gasteiger partial charge is 0.505 e. The molecule has 1 rings (SSSR count). The van der Waals surface area contributed by atoms with Crippen LogP contribution in [0.4, 0.5) is 0 Å². The zero-order chi connectivity index (χ0) is 25.4. The van der Waals surface area contributed by atoms with Crippen LogP contribution in [0.5, 0.6) is 0 Å². The second kappa shape index (κ2) is 17.5. The first-order valence-corrected chi connectivity index (χ1v) is 14.3. The Morgan fingerprint density at radius 3 is 1.79 bits per heavy atom. The third-order valence-corrected chi connectivity index (χ3v) is 6.31. The number of aliphatic hydroxyl groups is 2. The molecule has 0 aromatic carbocycles. The minimum Gasteiger partial charge on any atom is -0.449 e. The monoisotopic (exact) mass is 508 g/mol. The van der Waals surface area contributed by atoms with E-state index in [4.69, 9.17) is 14.5 Å². The van der Waals surface area contributed by atoms with Crippen molar-refractivity contribution < 1.29 is 43.7 Å². The lowest BCUT2D eigenvalue weighted by molar-refractivity contribution is -0.194. The fourth-order valence-corrected chi connectivity index (χ4v) is 4.32. The second-order valence-electron chi connectivity index (χ2n) is 9.61. The van der Waals surface area contributed by atoms with Crippen LogP contribution in [-0.4, -0.2) is 44.8 Å². The number of carbonyl (C=O) groups is 1. The fraction of sp³-hybridized carbons (Fsp3) is 0.875. The first kappa shape index (κ1) is 31.1. The average Bonchev–Trinajstić information content (AvgIpc) is 3.08. The fourth-order valence-electron chi connectivity index (χ4n) is 4.15. The van der Waals surface area contributed by atoms with E-state index in [-0.39, 0.29) is 5.57 Å². The van der Waals surface area contributed by atoms with Gasteiger partial charge in [-0.3, -0.25) is 0 Å². The molecular weight excluding hydrogens is 463 g/mol. The van der Waals surface area contributed by atoms with Crippen molar-refractivity contribution in [3.63, 3.8) is 0 Å². The van der Waals surface area contributed by atoms with Gasteiger partial charge in [0, 0.05) is 5.57 Å². The van der Waals surface area contributed by atoms with Gasteiger partial charge < -0.3 is 29.6 Å². The van der Waals surface area contributed by atoms with Crippen molar-refractivity contribution >= 4 is 13.8 Å². The summed E-state index contributed by atoms with van der Waals surface area (Å²) in [5.74, 6) is -0.645. The van der Waals surface area contributed by atoms with E-state index in [1.165, 1.54) is 64.2 Å². The molecule has 0 spiro atoms. The molecule has 200 valence electrons. The maximum Gasteiger partial charge on any atom is 0.505 e. The van der Waals surface area contributed by atoms with E-state index in [0.29, 0.717) is 12.8 Å². The summed E-state index contributed by atoms with van der Waals surface area (Å²) in [7, 11) is -4.96. The van der Waals surface area contributed by atoms with Gasteiger partial charge >= 0.3 is 13.8 Å². The number of hydrogen-bond acceptors (Lipinski definition) is 7. The van der Waals surface area contributed by atoms with E-state index in [0.717, 1.165) is 25.2 Å². The molecule has 1 aliphatic heterocycles. The van der Waals surface area contributed by atoms with Crippen LogP contribution in [0.15, 0.2) is 11.3 Å². The van der Waals surface area contributed by atoms with Crippen LogP contribution in [-0.2, 0) is 23.7 Å². The first-order chi connectivity index (χ1) is 16.2. The molecule has 0 aromatic heterocycles. The number of unbranched alkanes of at least 4 members (excludes halogenated alkanes) is 12. The van der Waals surface area contributed by atoms with E-state index in [9.17, 15) is 19.6 Å². The molecule has 0 aliphatic carbocycles. The van der Waals surface area contributed by atoms with Crippen molar-refractivity contribution in [2.45, 2.75) is 122 Å². The Kier molecular flexibility index (Phi) is 16.0. The van der Waals surface area contributed by atoms with Gasteiger partial charge in [0.05, 0.1) is 6.61 Å². The van der Waals surface area contributed by atoms with Gasteiger partial charge in [0.25, 0.3) is 5.76 Å². The lowest BCUT2D eigenvalue weighted by Gasteiger charge is -2.18. The normalized spacial score (nSPS) is 17.5. The van der Waals surface area contributed by atoms with Crippen LogP contribution in [0.1, 0.15) is 110 Å². The highest BCUT2D eigenvalue weighted by Crippen LogP contribution is 2.39. The highest BCUT2D eigenvalue weighted by molar-refractivity contribution is 7.46. The molecule has 2 atom stereocenters. The Balaban J connectivity index is 2.19. The second-order valence-corrected chi connectivity index (χ2v) is 10.7. The molecule has 0 fully saturated rings. The Labute approximate surface area is 204 Å². The Bertz CT molecular complexity index is 644. The molecule has 0 amide bonds. The van der Waals surface area contributed by atoms with E-state index < -0.39 is 38.4 Å². The zero-order valence-corrected chi connectivity index (χ0v) is 21.7. The molecular formula is C24H45O9P. The van der Waals surface area contributed by atoms with Crippen LogP contribution < -0.4 is 0 Å². The van der Waals surface area contributed by atoms with E-state index >= 15 is 0 Å². The van der Waals surface area contributed by atoms with Crippen molar-refractivity contribution in [2.24, 2.45) is 5.92 Å². The number of esters is 1. The smallest absolute Gasteiger partial charge is 0.449 e. The highest BCUT2D eigenvalue weighted by Gasteiger charge is 2.41. The average molecular weight is 509 g/mol. The molecule has 4 N–H and O–H groups in total. The summed E-state index contributed by atoms with van der Waals surface area (Å²) in [5, 5.41) is 19.1. The molecule has 1 heterocycles. The lowest BCUT2D eigenvalue weighted by atomic mass is 9.98. The molecule has 1 aliphatic rings. The lowest BCUT2D eigenvalue weighted by Crippen LogP contribution is -2.31. The SMILES string of the molecule is CC(C)CCCCCCCCCCCCCCCC1=C(OOP(=O)(O)O)C(=O)O[C@@H]1[C@@H](O)CO. The molecule has 0 aromatic rings. The predicted octanol–water partition coefficient (Wildman–Crippen LogP) is 5.07. The van der Waals surface area contributed by atoms with Gasteiger partial charge in [0.15, 0.2) is 6.10 Å². The van der Waals surface area contributed by atoms with E-state index in [1.54, 1.807) is 0 Å². The summed E-state index contributed by atoms with van der Waals surface area (Å²) in [6, 6.07) is 0. The Hall–Kier alpha value is -0.960. The minimum atomic E-state index is -4.96. The summed E-state index contributed by atoms with van der Waals surface area (Å²) < 4.78 is 19.8. The van der Waals surface area contributed by atoms with Crippen molar-refractivity contribution in [1.82, 2.24) is 0 Å². The van der Waals surface area contributed by atoms with Crippen molar-refractivity contribution in [3.8, 4) is 0 Å².